The van der Waals surface area contributed by atoms with Gasteiger partial charge in [0.2, 0.25) is 0 Å². The molecule has 0 saturated carbocycles. The highest BCUT2D eigenvalue weighted by molar-refractivity contribution is 7.60. The van der Waals surface area contributed by atoms with Crippen molar-refractivity contribution in [1.82, 2.24) is 0 Å². The van der Waals surface area contributed by atoms with Crippen molar-refractivity contribution < 1.29 is 28.3 Å². The van der Waals surface area contributed by atoms with E-state index in [1.165, 1.54) is 6.92 Å². The van der Waals surface area contributed by atoms with Crippen LogP contribution < -0.4 is 0 Å². The van der Waals surface area contributed by atoms with Gasteiger partial charge in [-0.05, 0) is 4.31 Å². The Balaban J connectivity index is 4.07. The maximum atomic E-state index is 10.7. The summed E-state index contributed by atoms with van der Waals surface area (Å²) >= 11 is 0. The van der Waals surface area contributed by atoms with Crippen LogP contribution in [-0.2, 0) is 18.1 Å². The van der Waals surface area contributed by atoms with Gasteiger partial charge in [0, 0.05) is 4.57 Å². The van der Waals surface area contributed by atoms with E-state index >= 15 is 0 Å². The van der Waals surface area contributed by atoms with Crippen molar-refractivity contribution >= 4 is 15.9 Å². The third-order valence-corrected chi connectivity index (χ3v) is 3.28. The van der Waals surface area contributed by atoms with Gasteiger partial charge in [0.15, 0.2) is 0 Å². The molecule has 10 heavy (non-hydrogen) atoms. The summed E-state index contributed by atoms with van der Waals surface area (Å²) in [6.45, 7) is 1.38. The van der Waals surface area contributed by atoms with E-state index in [0.717, 1.165) is 0 Å². The molecule has 0 aromatic carbocycles. The van der Waals surface area contributed by atoms with E-state index in [9.17, 15) is 9.13 Å². The summed E-state index contributed by atoms with van der Waals surface area (Å²) in [5.41, 5.74) is 0. The van der Waals surface area contributed by atoms with Crippen LogP contribution in [-0.4, -0.2) is 16.3 Å². The maximum Gasteiger partial charge on any atom is 0.703 e. The van der Waals surface area contributed by atoms with Gasteiger partial charge < -0.3 is 0 Å². The van der Waals surface area contributed by atoms with Crippen molar-refractivity contribution in [3.63, 3.8) is 0 Å². The summed E-state index contributed by atoms with van der Waals surface area (Å²) < 4.78 is 27.9. The molecule has 0 heterocycles. The molecule has 0 rings (SSSR count). The lowest BCUT2D eigenvalue weighted by Gasteiger charge is -2.00. The summed E-state index contributed by atoms with van der Waals surface area (Å²) in [4.78, 5) is 8.07. The Labute approximate surface area is 58.2 Å². The van der Waals surface area contributed by atoms with E-state index in [4.69, 9.17) is 10.2 Å². The molecule has 0 aromatic heterocycles. The minimum Gasteiger partial charge on any atom is -0.253 e. The molecule has 0 spiro atoms. The molecule has 0 aliphatic rings. The smallest absolute Gasteiger partial charge is 0.253 e. The lowest BCUT2D eigenvalue weighted by molar-refractivity contribution is -0.144. The fraction of sp³-hybridized carbons (Fsp3) is 1.00. The first kappa shape index (κ1) is 10.2. The molecule has 0 fully saturated rings. The summed E-state index contributed by atoms with van der Waals surface area (Å²) in [5, 5.41) is 7.91. The van der Waals surface area contributed by atoms with Crippen LogP contribution in [0.15, 0.2) is 0 Å². The van der Waals surface area contributed by atoms with Crippen LogP contribution in [0.2, 0.25) is 0 Å². The van der Waals surface area contributed by atoms with Gasteiger partial charge in [-0.25, -0.2) is 5.26 Å². The largest absolute Gasteiger partial charge is 0.703 e. The zero-order valence-corrected chi connectivity index (χ0v) is 6.92. The van der Waals surface area contributed by atoms with E-state index in [-0.39, 0.29) is 6.16 Å². The molecular formula is C2H7O6P2+. The minimum atomic E-state index is -3.72. The van der Waals surface area contributed by atoms with Crippen LogP contribution in [0.3, 0.4) is 0 Å². The van der Waals surface area contributed by atoms with Gasteiger partial charge in [0.05, 0.1) is 6.16 Å². The average Bonchev–Trinajstić information content (AvgIpc) is 1.87. The molecule has 0 aliphatic heterocycles. The lowest BCUT2D eigenvalue weighted by Crippen LogP contribution is -1.88. The highest BCUT2D eigenvalue weighted by Crippen LogP contribution is 2.53. The summed E-state index contributed by atoms with van der Waals surface area (Å²) in [7, 11) is -6.71. The number of rotatable bonds is 4. The summed E-state index contributed by atoms with van der Waals surface area (Å²) in [6.07, 6.45) is -0.162. The molecule has 0 amide bonds. The van der Waals surface area contributed by atoms with Crippen molar-refractivity contribution in [2.24, 2.45) is 0 Å². The Hall–Kier alpha value is 0.170. The molecule has 6 nitrogen and oxygen atoms in total. The molecule has 0 aromatic rings. The molecular weight excluding hydrogens is 182 g/mol. The quantitative estimate of drug-likeness (QED) is 0.394. The van der Waals surface area contributed by atoms with Gasteiger partial charge in [-0.3, -0.25) is 4.57 Å². The van der Waals surface area contributed by atoms with E-state index in [1.54, 1.807) is 0 Å². The van der Waals surface area contributed by atoms with Crippen LogP contribution in [0.5, 0.6) is 0 Å². The van der Waals surface area contributed by atoms with Crippen molar-refractivity contribution in [1.29, 1.82) is 0 Å². The summed E-state index contributed by atoms with van der Waals surface area (Å²) in [5.74, 6) is 0. The first-order chi connectivity index (χ1) is 4.54. The minimum absolute atomic E-state index is 0.162. The molecule has 2 unspecified atom stereocenters. The SMILES string of the molecule is CCP(=O)(OO)O[P+](=O)O. The van der Waals surface area contributed by atoms with Crippen LogP contribution in [0.1, 0.15) is 6.92 Å². The van der Waals surface area contributed by atoms with Gasteiger partial charge in [-0.1, -0.05) is 6.92 Å². The van der Waals surface area contributed by atoms with Crippen molar-refractivity contribution in [3.8, 4) is 0 Å². The van der Waals surface area contributed by atoms with Crippen molar-refractivity contribution in [2.75, 3.05) is 6.16 Å². The fourth-order valence-electron chi connectivity index (χ4n) is 0.237. The second-order valence-electron chi connectivity index (χ2n) is 1.33. The highest BCUT2D eigenvalue weighted by atomic mass is 31.2. The van der Waals surface area contributed by atoms with E-state index in [1.807, 2.05) is 0 Å². The van der Waals surface area contributed by atoms with Gasteiger partial charge in [-0.15, -0.1) is 9.57 Å². The first-order valence-corrected chi connectivity index (χ1v) is 5.18. The van der Waals surface area contributed by atoms with Crippen LogP contribution in [0, 0.1) is 0 Å². The summed E-state index contributed by atoms with van der Waals surface area (Å²) in [6, 6.07) is 0. The maximum absolute atomic E-state index is 10.7. The van der Waals surface area contributed by atoms with Crippen LogP contribution in [0.4, 0.5) is 0 Å². The lowest BCUT2D eigenvalue weighted by atomic mass is 11.0. The molecule has 2 N–H and O–H groups in total. The first-order valence-electron chi connectivity index (χ1n) is 2.32. The Morgan fingerprint density at radius 2 is 2.20 bits per heavy atom. The highest BCUT2D eigenvalue weighted by Gasteiger charge is 2.34. The van der Waals surface area contributed by atoms with E-state index < -0.39 is 15.9 Å². The number of hydrogen-bond donors (Lipinski definition) is 2. The molecule has 0 bridgehead atoms. The molecule has 2 atom stereocenters. The molecule has 8 heteroatoms. The van der Waals surface area contributed by atoms with Crippen LogP contribution in [0.25, 0.3) is 0 Å². The Morgan fingerprint density at radius 3 is 2.30 bits per heavy atom. The van der Waals surface area contributed by atoms with E-state index in [0.29, 0.717) is 0 Å². The Kier molecular flexibility index (Phi) is 4.20. The Bertz CT molecular complexity index is 157. The van der Waals surface area contributed by atoms with Gasteiger partial charge >= 0.3 is 15.9 Å². The van der Waals surface area contributed by atoms with Crippen molar-refractivity contribution in [3.05, 3.63) is 0 Å². The normalized spacial score (nSPS) is 18.1. The second kappa shape index (κ2) is 4.13. The topological polar surface area (TPSA) is 93.1 Å². The van der Waals surface area contributed by atoms with Crippen molar-refractivity contribution in [2.45, 2.75) is 6.92 Å². The standard InChI is InChI=1S/C2H6O6P2/c1-2-10(6,7-3)8-9(4)5/h2H2,1H3,(H-,3,4,5)/p+1. The zero-order chi connectivity index (χ0) is 8.20. The van der Waals surface area contributed by atoms with Gasteiger partial charge in [0.25, 0.3) is 0 Å². The van der Waals surface area contributed by atoms with E-state index in [2.05, 4.69) is 8.99 Å². The Morgan fingerprint density at radius 1 is 1.70 bits per heavy atom. The van der Waals surface area contributed by atoms with Gasteiger partial charge in [-0.2, -0.15) is 0 Å². The monoisotopic (exact) mass is 189 g/mol. The average molecular weight is 189 g/mol. The fourth-order valence-corrected chi connectivity index (χ4v) is 1.78. The predicted molar refractivity (Wildman–Crippen MR) is 32.8 cm³/mol. The van der Waals surface area contributed by atoms with Gasteiger partial charge in [0.1, 0.15) is 0 Å². The third-order valence-electron chi connectivity index (χ3n) is 0.706. The zero-order valence-electron chi connectivity index (χ0n) is 5.13. The predicted octanol–water partition coefficient (Wildman–Crippen LogP) is 1.36. The molecule has 0 saturated heterocycles. The third kappa shape index (κ3) is 3.37. The van der Waals surface area contributed by atoms with Crippen LogP contribution >= 0.6 is 15.9 Å². The molecule has 0 radical (unpaired) electrons. The molecule has 0 aliphatic carbocycles. The number of hydrogen-bond acceptors (Lipinski definition) is 5. The second-order valence-corrected chi connectivity index (χ2v) is 4.47. The molecule has 60 valence electrons.